The Labute approximate surface area is 56.0 Å². The maximum absolute atomic E-state index is 5.11. The highest BCUT2D eigenvalue weighted by Crippen LogP contribution is 2.23. The number of alkyl halides is 3. The average molecular weight is 162 g/mol. The molecule has 0 saturated carbocycles. The van der Waals surface area contributed by atoms with Crippen LogP contribution in [-0.2, 0) is 0 Å². The first-order valence-corrected chi connectivity index (χ1v) is 2.53. The van der Waals surface area contributed by atoms with Gasteiger partial charge in [0.2, 0.25) is 0 Å². The highest BCUT2D eigenvalue weighted by molar-refractivity contribution is 6.76. The fraction of sp³-hybridized carbons (Fsp3) is 0.500. The van der Waals surface area contributed by atoms with Gasteiger partial charge in [0.15, 0.2) is 0 Å². The second-order valence-corrected chi connectivity index (χ2v) is 3.23. The van der Waals surface area contributed by atoms with E-state index in [-0.39, 0.29) is 5.84 Å². The molecule has 0 radical (unpaired) electrons. The van der Waals surface area contributed by atoms with Gasteiger partial charge in [-0.15, -0.1) is 0 Å². The van der Waals surface area contributed by atoms with Crippen LogP contribution in [0.4, 0.5) is 0 Å². The summed E-state index contributed by atoms with van der Waals surface area (Å²) in [7, 11) is 0. The third-order valence-electron chi connectivity index (χ3n) is 0.327. The van der Waals surface area contributed by atoms with Gasteiger partial charge < -0.3 is 0 Å². The molecule has 0 aromatic carbocycles. The summed E-state index contributed by atoms with van der Waals surface area (Å²) in [5.74, 6) is -0.211. The minimum atomic E-state index is -1.61. The molecule has 0 bridgehead atoms. The quantitative estimate of drug-likeness (QED) is 0.281. The number of rotatable bonds is 0. The Morgan fingerprint density at radius 3 is 1.57 bits per heavy atom. The van der Waals surface area contributed by atoms with Crippen LogP contribution >= 0.6 is 34.8 Å². The van der Waals surface area contributed by atoms with E-state index in [4.69, 9.17) is 45.9 Å². The minimum Gasteiger partial charge on any atom is -0.288 e. The third kappa shape index (κ3) is 2.97. The Bertz CT molecular complexity index is 83.4. The zero-order valence-electron chi connectivity index (χ0n) is 3.29. The van der Waals surface area contributed by atoms with E-state index >= 15 is 0 Å². The van der Waals surface area contributed by atoms with Crippen molar-refractivity contribution in [2.45, 2.75) is 3.79 Å². The summed E-state index contributed by atoms with van der Waals surface area (Å²) in [6.07, 6.45) is 0. The molecule has 0 aliphatic rings. The van der Waals surface area contributed by atoms with Crippen LogP contribution in [0.2, 0.25) is 0 Å². The van der Waals surface area contributed by atoms with Gasteiger partial charge in [-0.05, 0) is 0 Å². The van der Waals surface area contributed by atoms with Gasteiger partial charge >= 0.3 is 0 Å². The maximum Gasteiger partial charge on any atom is 0.291 e. The highest BCUT2D eigenvalue weighted by Gasteiger charge is 2.28. The first-order valence-electron chi connectivity index (χ1n) is 1.39. The van der Waals surface area contributed by atoms with Gasteiger partial charge in [0.1, 0.15) is 0 Å². The molecule has 0 fully saturated rings. The molecule has 0 aliphatic heterocycles. The van der Waals surface area contributed by atoms with E-state index in [1.165, 1.54) is 0 Å². The molecule has 0 unspecified atom stereocenters. The Kier molecular flexibility index (Phi) is 2.17. The molecule has 5 heteroatoms. The van der Waals surface area contributed by atoms with E-state index in [1.54, 1.807) is 0 Å². The Morgan fingerprint density at radius 2 is 1.57 bits per heavy atom. The van der Waals surface area contributed by atoms with Crippen LogP contribution in [0.15, 0.2) is 0 Å². The summed E-state index contributed by atoms with van der Waals surface area (Å²) in [5.41, 5.74) is 4.87. The first kappa shape index (κ1) is 7.34. The van der Waals surface area contributed by atoms with Crippen molar-refractivity contribution < 1.29 is 5.41 Å². The van der Waals surface area contributed by atoms with Gasteiger partial charge in [-0.25, -0.2) is 0 Å². The number of hydrogen-bond donors (Lipinski definition) is 2. The molecule has 0 aromatic rings. The summed E-state index contributed by atoms with van der Waals surface area (Å²) < 4.78 is -1.61. The number of nitrogens with two attached hydrogens (primary N) is 2. The standard InChI is InChI=1S/C2H3Cl3N2/c3-2(4,5)1(6)7/h(H3,6,7)/p+1. The first-order chi connectivity index (χ1) is 2.94. The molecule has 0 aliphatic carbocycles. The molecule has 0 saturated heterocycles. The predicted octanol–water partition coefficient (Wildman–Crippen LogP) is -0.527. The van der Waals surface area contributed by atoms with Crippen LogP contribution in [0.25, 0.3) is 0 Å². The second-order valence-electron chi connectivity index (χ2n) is 0.953. The molecule has 0 atom stereocenters. The van der Waals surface area contributed by atoms with Crippen molar-refractivity contribution in [3.05, 3.63) is 0 Å². The smallest absolute Gasteiger partial charge is 0.288 e. The van der Waals surface area contributed by atoms with E-state index in [2.05, 4.69) is 0 Å². The zero-order chi connectivity index (χ0) is 6.08. The third-order valence-corrected chi connectivity index (χ3v) is 0.982. The summed E-state index contributed by atoms with van der Waals surface area (Å²) in [5, 5.41) is 4.87. The van der Waals surface area contributed by atoms with Gasteiger partial charge in [0.25, 0.3) is 9.63 Å². The van der Waals surface area contributed by atoms with Crippen LogP contribution in [0.1, 0.15) is 0 Å². The minimum absolute atomic E-state index is 0.211. The number of amidine groups is 1. The van der Waals surface area contributed by atoms with Crippen molar-refractivity contribution in [1.29, 1.82) is 0 Å². The van der Waals surface area contributed by atoms with Gasteiger partial charge in [-0.2, -0.15) is 0 Å². The molecule has 0 amide bonds. The molecule has 4 N–H and O–H groups in total. The zero-order valence-corrected chi connectivity index (χ0v) is 5.56. The van der Waals surface area contributed by atoms with Crippen LogP contribution in [0, 0.1) is 0 Å². The second kappa shape index (κ2) is 2.07. The molecule has 2 nitrogen and oxygen atoms in total. The van der Waals surface area contributed by atoms with Crippen LogP contribution in [-0.4, -0.2) is 9.63 Å². The molecule has 7 heavy (non-hydrogen) atoms. The van der Waals surface area contributed by atoms with E-state index in [0.717, 1.165) is 0 Å². The number of hydrogen-bond acceptors (Lipinski definition) is 0. The SMILES string of the molecule is NC(=[NH2+])C(Cl)(Cl)Cl. The normalized spacial score (nSPS) is 11.3. The van der Waals surface area contributed by atoms with Crippen molar-refractivity contribution in [3.8, 4) is 0 Å². The van der Waals surface area contributed by atoms with Crippen LogP contribution in [0.5, 0.6) is 0 Å². The average Bonchev–Trinajstić information content (AvgIpc) is 1.31. The molecule has 0 rings (SSSR count). The van der Waals surface area contributed by atoms with Crippen molar-refractivity contribution in [2.24, 2.45) is 5.73 Å². The molecule has 0 aromatic heterocycles. The number of halogens is 3. The van der Waals surface area contributed by atoms with Crippen molar-refractivity contribution in [2.75, 3.05) is 0 Å². The Balaban J connectivity index is 3.79. The lowest BCUT2D eigenvalue weighted by molar-refractivity contribution is -0.117. The Morgan fingerprint density at radius 1 is 1.43 bits per heavy atom. The molecular weight excluding hydrogens is 158 g/mol. The van der Waals surface area contributed by atoms with E-state index in [0.29, 0.717) is 0 Å². The van der Waals surface area contributed by atoms with Crippen molar-refractivity contribution in [3.63, 3.8) is 0 Å². The summed E-state index contributed by atoms with van der Waals surface area (Å²) in [4.78, 5) is 0. The van der Waals surface area contributed by atoms with E-state index in [9.17, 15) is 0 Å². The monoisotopic (exact) mass is 161 g/mol. The molecule has 0 spiro atoms. The molecule has 0 heterocycles. The molecular formula is C2H4Cl3N2+. The van der Waals surface area contributed by atoms with Gasteiger partial charge in [0, 0.05) is 0 Å². The van der Waals surface area contributed by atoms with Crippen LogP contribution < -0.4 is 11.1 Å². The van der Waals surface area contributed by atoms with Crippen LogP contribution in [0.3, 0.4) is 0 Å². The van der Waals surface area contributed by atoms with E-state index in [1.807, 2.05) is 0 Å². The lowest BCUT2D eigenvalue weighted by Crippen LogP contribution is -2.53. The maximum atomic E-state index is 5.11. The summed E-state index contributed by atoms with van der Waals surface area (Å²) in [6, 6.07) is 0. The largest absolute Gasteiger partial charge is 0.291 e. The summed E-state index contributed by atoms with van der Waals surface area (Å²) in [6.45, 7) is 0. The van der Waals surface area contributed by atoms with Gasteiger partial charge in [-0.3, -0.25) is 11.1 Å². The topological polar surface area (TPSA) is 51.6 Å². The Hall–Kier alpha value is 0.340. The summed E-state index contributed by atoms with van der Waals surface area (Å²) >= 11 is 15.3. The van der Waals surface area contributed by atoms with Gasteiger partial charge in [0.05, 0.1) is 0 Å². The van der Waals surface area contributed by atoms with Gasteiger partial charge in [-0.1, -0.05) is 34.8 Å². The molecule has 42 valence electrons. The fourth-order valence-corrected chi connectivity index (χ4v) is 0. The van der Waals surface area contributed by atoms with Crippen molar-refractivity contribution >= 4 is 40.6 Å². The highest BCUT2D eigenvalue weighted by atomic mass is 35.6. The lowest BCUT2D eigenvalue weighted by Gasteiger charge is -1.99. The lowest BCUT2D eigenvalue weighted by atomic mass is 10.7. The fourth-order valence-electron chi connectivity index (χ4n) is 0. The predicted molar refractivity (Wildman–Crippen MR) is 31.4 cm³/mol. The van der Waals surface area contributed by atoms with Crippen molar-refractivity contribution in [1.82, 2.24) is 0 Å². The van der Waals surface area contributed by atoms with E-state index < -0.39 is 3.79 Å².